The highest BCUT2D eigenvalue weighted by Gasteiger charge is 2.08. The Hall–Kier alpha value is -2.60. The van der Waals surface area contributed by atoms with Crippen molar-refractivity contribution in [3.8, 4) is 11.6 Å². The van der Waals surface area contributed by atoms with Crippen LogP contribution in [0.15, 0.2) is 53.3 Å². The Bertz CT molecular complexity index is 870. The summed E-state index contributed by atoms with van der Waals surface area (Å²) in [5.74, 6) is 0.401. The lowest BCUT2D eigenvalue weighted by Gasteiger charge is -2.08. The number of ether oxygens (including phenoxy) is 1. The van der Waals surface area contributed by atoms with Gasteiger partial charge >= 0.3 is 4.87 Å². The van der Waals surface area contributed by atoms with E-state index >= 15 is 0 Å². The molecule has 24 heavy (non-hydrogen) atoms. The van der Waals surface area contributed by atoms with Gasteiger partial charge in [-0.15, -0.1) is 0 Å². The zero-order valence-corrected chi connectivity index (χ0v) is 13.6. The maximum atomic E-state index is 13.5. The van der Waals surface area contributed by atoms with E-state index in [0.717, 1.165) is 16.9 Å². The average Bonchev–Trinajstić information content (AvgIpc) is 2.88. The Morgan fingerprint density at radius 1 is 1.12 bits per heavy atom. The Kier molecular flexibility index (Phi) is 4.96. The predicted octanol–water partition coefficient (Wildman–Crippen LogP) is 3.49. The minimum atomic E-state index is -0.268. The van der Waals surface area contributed by atoms with Gasteiger partial charge in [-0.25, -0.2) is 4.39 Å². The summed E-state index contributed by atoms with van der Waals surface area (Å²) in [6.45, 7) is 0.389. The second-order valence-electron chi connectivity index (χ2n) is 5.30. The molecule has 0 aliphatic carbocycles. The van der Waals surface area contributed by atoms with E-state index in [0.29, 0.717) is 35.6 Å². The van der Waals surface area contributed by atoms with Gasteiger partial charge in [-0.05, 0) is 29.3 Å². The molecule has 1 heterocycles. The molecule has 0 fully saturated rings. The molecular formula is C18H16FNO3S. The first-order chi connectivity index (χ1) is 11.6. The standard InChI is InChI=1S/C18H16FNO3S/c19-15-4-2-1-3-13(15)9-10-23-14-7-5-12(6-8-14)11-16-17(21)20-18(22)24-16/h1-8,21H,9-11H2,(H,20,22). The van der Waals surface area contributed by atoms with E-state index in [1.54, 1.807) is 18.2 Å². The van der Waals surface area contributed by atoms with Gasteiger partial charge in [0.2, 0.25) is 5.88 Å². The number of halogens is 1. The van der Waals surface area contributed by atoms with Crippen LogP contribution in [0.1, 0.15) is 16.0 Å². The molecule has 0 saturated carbocycles. The number of benzene rings is 2. The molecule has 0 aliphatic heterocycles. The highest BCUT2D eigenvalue weighted by atomic mass is 32.1. The molecule has 2 aromatic carbocycles. The molecule has 2 N–H and O–H groups in total. The number of rotatable bonds is 6. The van der Waals surface area contributed by atoms with Crippen molar-refractivity contribution in [2.45, 2.75) is 12.8 Å². The van der Waals surface area contributed by atoms with Crippen molar-refractivity contribution in [2.75, 3.05) is 6.61 Å². The summed E-state index contributed by atoms with van der Waals surface area (Å²) < 4.78 is 19.1. The molecular weight excluding hydrogens is 329 g/mol. The normalized spacial score (nSPS) is 10.7. The summed E-state index contributed by atoms with van der Waals surface area (Å²) in [5.41, 5.74) is 1.59. The maximum absolute atomic E-state index is 13.5. The van der Waals surface area contributed by atoms with Gasteiger partial charge in [0.05, 0.1) is 11.5 Å². The molecule has 3 rings (SSSR count). The molecule has 0 amide bonds. The molecule has 3 aromatic rings. The Labute approximate surface area is 142 Å². The molecule has 0 aliphatic rings. The average molecular weight is 345 g/mol. The van der Waals surface area contributed by atoms with Gasteiger partial charge in [0.1, 0.15) is 11.6 Å². The molecule has 6 heteroatoms. The molecule has 4 nitrogen and oxygen atoms in total. The van der Waals surface area contributed by atoms with Crippen molar-refractivity contribution in [3.63, 3.8) is 0 Å². The van der Waals surface area contributed by atoms with Crippen LogP contribution in [-0.4, -0.2) is 16.7 Å². The summed E-state index contributed by atoms with van der Waals surface area (Å²) in [6.07, 6.45) is 0.977. The van der Waals surface area contributed by atoms with E-state index in [1.807, 2.05) is 24.3 Å². The van der Waals surface area contributed by atoms with Crippen molar-refractivity contribution in [2.24, 2.45) is 0 Å². The third kappa shape index (κ3) is 4.02. The van der Waals surface area contributed by atoms with Crippen LogP contribution < -0.4 is 9.61 Å². The van der Waals surface area contributed by atoms with Crippen LogP contribution in [0.2, 0.25) is 0 Å². The molecule has 0 spiro atoms. The number of aromatic nitrogens is 1. The van der Waals surface area contributed by atoms with Crippen LogP contribution in [0, 0.1) is 5.82 Å². The summed E-state index contributed by atoms with van der Waals surface area (Å²) in [5, 5.41) is 9.59. The minimum absolute atomic E-state index is 0.0739. The van der Waals surface area contributed by atoms with Crippen molar-refractivity contribution >= 4 is 11.3 Å². The fraction of sp³-hybridized carbons (Fsp3) is 0.167. The SMILES string of the molecule is O=c1[nH]c(O)c(Cc2ccc(OCCc3ccccc3F)cc2)s1. The first kappa shape index (κ1) is 16.3. The van der Waals surface area contributed by atoms with E-state index in [9.17, 15) is 14.3 Å². The highest BCUT2D eigenvalue weighted by molar-refractivity contribution is 7.09. The lowest BCUT2D eigenvalue weighted by Crippen LogP contribution is -2.03. The fourth-order valence-electron chi connectivity index (χ4n) is 2.34. The third-order valence-electron chi connectivity index (χ3n) is 3.59. The van der Waals surface area contributed by atoms with Gasteiger partial charge in [-0.3, -0.25) is 9.78 Å². The Morgan fingerprint density at radius 2 is 1.88 bits per heavy atom. The number of hydrogen-bond donors (Lipinski definition) is 2. The summed E-state index contributed by atoms with van der Waals surface area (Å²) in [6, 6.07) is 14.1. The molecule has 0 atom stereocenters. The van der Waals surface area contributed by atoms with E-state index in [4.69, 9.17) is 4.74 Å². The van der Waals surface area contributed by atoms with E-state index in [-0.39, 0.29) is 16.6 Å². The van der Waals surface area contributed by atoms with Crippen LogP contribution >= 0.6 is 11.3 Å². The smallest absolute Gasteiger partial charge is 0.307 e. The van der Waals surface area contributed by atoms with E-state index < -0.39 is 0 Å². The second-order valence-corrected chi connectivity index (χ2v) is 6.36. The van der Waals surface area contributed by atoms with Crippen molar-refractivity contribution in [1.82, 2.24) is 4.98 Å². The molecule has 0 saturated heterocycles. The van der Waals surface area contributed by atoms with Crippen LogP contribution in [0.5, 0.6) is 11.6 Å². The quantitative estimate of drug-likeness (QED) is 0.719. The van der Waals surface area contributed by atoms with Gasteiger partial charge in [-0.2, -0.15) is 0 Å². The van der Waals surface area contributed by atoms with Gasteiger partial charge in [0, 0.05) is 12.8 Å². The van der Waals surface area contributed by atoms with Crippen molar-refractivity contribution < 1.29 is 14.2 Å². The molecule has 124 valence electrons. The van der Waals surface area contributed by atoms with Crippen LogP contribution in [0.4, 0.5) is 4.39 Å². The molecule has 0 unspecified atom stereocenters. The molecule has 1 aromatic heterocycles. The van der Waals surface area contributed by atoms with Crippen LogP contribution in [-0.2, 0) is 12.8 Å². The predicted molar refractivity (Wildman–Crippen MR) is 91.5 cm³/mol. The molecule has 0 bridgehead atoms. The Morgan fingerprint density at radius 3 is 2.54 bits per heavy atom. The largest absolute Gasteiger partial charge is 0.494 e. The molecule has 0 radical (unpaired) electrons. The monoisotopic (exact) mass is 345 g/mol. The lowest BCUT2D eigenvalue weighted by molar-refractivity contribution is 0.320. The number of aromatic amines is 1. The number of thiazole rings is 1. The number of nitrogens with one attached hydrogen (secondary N) is 1. The first-order valence-electron chi connectivity index (χ1n) is 7.48. The minimum Gasteiger partial charge on any atom is -0.494 e. The summed E-state index contributed by atoms with van der Waals surface area (Å²) in [7, 11) is 0. The van der Waals surface area contributed by atoms with E-state index in [2.05, 4.69) is 4.98 Å². The van der Waals surface area contributed by atoms with Gasteiger partial charge in [0.15, 0.2) is 0 Å². The van der Waals surface area contributed by atoms with Crippen molar-refractivity contribution in [3.05, 3.63) is 80.0 Å². The number of hydrogen-bond acceptors (Lipinski definition) is 4. The summed E-state index contributed by atoms with van der Waals surface area (Å²) in [4.78, 5) is 13.9. The zero-order valence-electron chi connectivity index (χ0n) is 12.8. The summed E-state index contributed by atoms with van der Waals surface area (Å²) >= 11 is 0.998. The second kappa shape index (κ2) is 7.31. The van der Waals surface area contributed by atoms with Gasteiger partial charge in [0.25, 0.3) is 0 Å². The van der Waals surface area contributed by atoms with Crippen LogP contribution in [0.25, 0.3) is 0 Å². The van der Waals surface area contributed by atoms with Crippen molar-refractivity contribution in [1.29, 1.82) is 0 Å². The fourth-order valence-corrected chi connectivity index (χ4v) is 3.10. The Balaban J connectivity index is 1.56. The third-order valence-corrected chi connectivity index (χ3v) is 4.46. The highest BCUT2D eigenvalue weighted by Crippen LogP contribution is 2.21. The number of H-pyrrole nitrogens is 1. The van der Waals surface area contributed by atoms with Crippen LogP contribution in [0.3, 0.4) is 0 Å². The topological polar surface area (TPSA) is 62.3 Å². The van der Waals surface area contributed by atoms with E-state index in [1.165, 1.54) is 6.07 Å². The van der Waals surface area contributed by atoms with Gasteiger partial charge in [-0.1, -0.05) is 41.7 Å². The maximum Gasteiger partial charge on any atom is 0.307 e. The first-order valence-corrected chi connectivity index (χ1v) is 8.29. The lowest BCUT2D eigenvalue weighted by atomic mass is 10.1. The zero-order chi connectivity index (χ0) is 16.9. The van der Waals surface area contributed by atoms with Gasteiger partial charge < -0.3 is 9.84 Å². The number of aromatic hydroxyl groups is 1.